The van der Waals surface area contributed by atoms with Gasteiger partial charge in [-0.1, -0.05) is 103 Å². The molecule has 0 spiro atoms. The van der Waals surface area contributed by atoms with Crippen molar-refractivity contribution >= 4 is 0 Å². The number of aromatic hydroxyl groups is 1. The Morgan fingerprint density at radius 1 is 0.615 bits per heavy atom. The van der Waals surface area contributed by atoms with Crippen LogP contribution in [0, 0.1) is 13.8 Å². The van der Waals surface area contributed by atoms with E-state index in [1.165, 1.54) is 0 Å². The Kier molecular flexibility index (Phi) is 9.07. The zero-order chi connectivity index (χ0) is 27.0. The van der Waals surface area contributed by atoms with Crippen LogP contribution in [0.3, 0.4) is 0 Å². The normalized spacial score (nSPS) is 20.8. The minimum absolute atomic E-state index is 0.137. The molecule has 4 atom stereocenters. The predicted octanol–water partition coefficient (Wildman–Crippen LogP) is 6.41. The second kappa shape index (κ2) is 13.0. The molecule has 5 nitrogen and oxygen atoms in total. The molecule has 1 saturated heterocycles. The average Bonchev–Trinajstić information content (AvgIpc) is 3.31. The fourth-order valence-corrected chi connectivity index (χ4v) is 5.25. The number of hydrogen-bond donors (Lipinski definition) is 2. The second-order valence-electron chi connectivity index (χ2n) is 10.2. The molecule has 0 unspecified atom stereocenters. The molecule has 0 aromatic heterocycles. The molecule has 2 N–H and O–H groups in total. The Morgan fingerprint density at radius 2 is 1.10 bits per heavy atom. The van der Waals surface area contributed by atoms with Gasteiger partial charge in [-0.15, -0.1) is 0 Å². The number of rotatable bonds is 11. The van der Waals surface area contributed by atoms with E-state index in [1.54, 1.807) is 0 Å². The number of phenolic OH excluding ortho intramolecular Hbond substituents is 1. The molecule has 0 amide bonds. The molecule has 4 aromatic carbocycles. The standard InChI is InChI=1S/C34H37NO4/c1-24-18-19-25(2)32(36)30(24)31-34(39-22-28-16-10-5-11-17-28)33(38-21-27-14-8-4-9-15-27)29(35-31)23-37-20-26-12-6-3-7-13-26/h3-19,29,31,33-36H,20-23H2,1-2H3/t29-,31-,33-,34-/m1/s1. The monoisotopic (exact) mass is 523 g/mol. The molecule has 4 aromatic rings. The molecule has 1 fully saturated rings. The van der Waals surface area contributed by atoms with Crippen molar-refractivity contribution in [3.05, 3.63) is 137 Å². The van der Waals surface area contributed by atoms with Crippen LogP contribution < -0.4 is 5.32 Å². The summed E-state index contributed by atoms with van der Waals surface area (Å²) in [7, 11) is 0. The van der Waals surface area contributed by atoms with E-state index in [9.17, 15) is 5.11 Å². The highest BCUT2D eigenvalue weighted by atomic mass is 16.5. The minimum Gasteiger partial charge on any atom is -0.507 e. The van der Waals surface area contributed by atoms with Gasteiger partial charge in [0.05, 0.1) is 38.5 Å². The van der Waals surface area contributed by atoms with E-state index < -0.39 is 0 Å². The number of ether oxygens (including phenoxy) is 3. The van der Waals surface area contributed by atoms with Crippen molar-refractivity contribution in [1.29, 1.82) is 0 Å². The molecular formula is C34H37NO4. The van der Waals surface area contributed by atoms with E-state index in [0.29, 0.717) is 32.2 Å². The van der Waals surface area contributed by atoms with E-state index in [4.69, 9.17) is 14.2 Å². The third kappa shape index (κ3) is 6.75. The third-order valence-corrected chi connectivity index (χ3v) is 7.37. The van der Waals surface area contributed by atoms with Gasteiger partial charge in [-0.2, -0.15) is 0 Å². The maximum absolute atomic E-state index is 11.2. The second-order valence-corrected chi connectivity index (χ2v) is 10.2. The Bertz CT molecular complexity index is 1310. The van der Waals surface area contributed by atoms with E-state index in [-0.39, 0.29) is 24.3 Å². The summed E-state index contributed by atoms with van der Waals surface area (Å²) in [5, 5.41) is 14.9. The molecule has 202 valence electrons. The average molecular weight is 524 g/mol. The van der Waals surface area contributed by atoms with Gasteiger partial charge in [0.25, 0.3) is 0 Å². The highest BCUT2D eigenvalue weighted by Gasteiger charge is 2.47. The summed E-state index contributed by atoms with van der Waals surface area (Å²) < 4.78 is 19.5. The summed E-state index contributed by atoms with van der Waals surface area (Å²) in [5.74, 6) is 0.300. The van der Waals surface area contributed by atoms with Gasteiger partial charge in [0, 0.05) is 5.56 Å². The van der Waals surface area contributed by atoms with Crippen molar-refractivity contribution in [2.24, 2.45) is 0 Å². The molecule has 39 heavy (non-hydrogen) atoms. The first-order valence-corrected chi connectivity index (χ1v) is 13.6. The SMILES string of the molecule is Cc1ccc(C)c([C@H]2N[C@H](COCc3ccccc3)[C@@H](OCc3ccccc3)[C@@H]2OCc2ccccc2)c1O. The maximum atomic E-state index is 11.2. The molecule has 1 aliphatic rings. The highest BCUT2D eigenvalue weighted by molar-refractivity contribution is 5.47. The van der Waals surface area contributed by atoms with Crippen LogP contribution in [-0.4, -0.2) is 30.0 Å². The quantitative estimate of drug-likeness (QED) is 0.238. The van der Waals surface area contributed by atoms with Crippen LogP contribution in [-0.2, 0) is 34.0 Å². The summed E-state index contributed by atoms with van der Waals surface area (Å²) >= 11 is 0. The van der Waals surface area contributed by atoms with Gasteiger partial charge in [0.15, 0.2) is 0 Å². The highest BCUT2D eigenvalue weighted by Crippen LogP contribution is 2.40. The third-order valence-electron chi connectivity index (χ3n) is 7.37. The zero-order valence-electron chi connectivity index (χ0n) is 22.6. The first-order valence-electron chi connectivity index (χ1n) is 13.6. The lowest BCUT2D eigenvalue weighted by molar-refractivity contribution is -0.0863. The number of hydrogen-bond acceptors (Lipinski definition) is 5. The van der Waals surface area contributed by atoms with Crippen LogP contribution in [0.4, 0.5) is 0 Å². The van der Waals surface area contributed by atoms with Gasteiger partial charge in [-0.3, -0.25) is 0 Å². The van der Waals surface area contributed by atoms with Crippen LogP contribution in [0.25, 0.3) is 0 Å². The summed E-state index contributed by atoms with van der Waals surface area (Å²) in [6.07, 6.45) is -0.639. The molecular weight excluding hydrogens is 486 g/mol. The van der Waals surface area contributed by atoms with Crippen LogP contribution in [0.1, 0.15) is 39.4 Å². The lowest BCUT2D eigenvalue weighted by Crippen LogP contribution is -2.39. The maximum Gasteiger partial charge on any atom is 0.123 e. The van der Waals surface area contributed by atoms with Crippen molar-refractivity contribution in [3.63, 3.8) is 0 Å². The summed E-state index contributed by atoms with van der Waals surface area (Å²) in [6.45, 7) is 5.82. The Morgan fingerprint density at radius 3 is 1.67 bits per heavy atom. The van der Waals surface area contributed by atoms with Crippen molar-refractivity contribution in [2.75, 3.05) is 6.61 Å². The van der Waals surface area contributed by atoms with Crippen molar-refractivity contribution in [1.82, 2.24) is 5.32 Å². The van der Waals surface area contributed by atoms with Gasteiger partial charge >= 0.3 is 0 Å². The van der Waals surface area contributed by atoms with Gasteiger partial charge in [-0.25, -0.2) is 0 Å². The van der Waals surface area contributed by atoms with Crippen LogP contribution in [0.5, 0.6) is 5.75 Å². The van der Waals surface area contributed by atoms with Crippen molar-refractivity contribution < 1.29 is 19.3 Å². The molecule has 0 saturated carbocycles. The van der Waals surface area contributed by atoms with Gasteiger partial charge in [0.1, 0.15) is 18.0 Å². The van der Waals surface area contributed by atoms with E-state index in [0.717, 1.165) is 33.4 Å². The number of benzene rings is 4. The number of phenols is 1. The lowest BCUT2D eigenvalue weighted by atomic mass is 9.93. The molecule has 1 heterocycles. The van der Waals surface area contributed by atoms with Gasteiger partial charge in [0.2, 0.25) is 0 Å². The predicted molar refractivity (Wildman–Crippen MR) is 153 cm³/mol. The van der Waals surface area contributed by atoms with E-state index in [2.05, 4.69) is 47.8 Å². The summed E-state index contributed by atoms with van der Waals surface area (Å²) in [4.78, 5) is 0. The summed E-state index contributed by atoms with van der Waals surface area (Å²) in [5.41, 5.74) is 6.01. The topological polar surface area (TPSA) is 60.0 Å². The minimum atomic E-state index is -0.342. The number of aryl methyl sites for hydroxylation is 2. The smallest absolute Gasteiger partial charge is 0.123 e. The molecule has 0 aliphatic carbocycles. The van der Waals surface area contributed by atoms with Crippen molar-refractivity contribution in [2.45, 2.75) is 58.0 Å². The molecule has 5 rings (SSSR count). The van der Waals surface area contributed by atoms with Crippen molar-refractivity contribution in [3.8, 4) is 5.75 Å². The molecule has 0 radical (unpaired) electrons. The van der Waals surface area contributed by atoms with Crippen LogP contribution in [0.15, 0.2) is 103 Å². The molecule has 0 bridgehead atoms. The van der Waals surface area contributed by atoms with Gasteiger partial charge < -0.3 is 24.6 Å². The summed E-state index contributed by atoms with van der Waals surface area (Å²) in [6, 6.07) is 34.1. The Labute approximate surface area is 231 Å². The van der Waals surface area contributed by atoms with Gasteiger partial charge in [-0.05, 0) is 41.7 Å². The first-order chi connectivity index (χ1) is 19.1. The Balaban J connectivity index is 1.43. The fourth-order valence-electron chi connectivity index (χ4n) is 5.25. The molecule has 1 aliphatic heterocycles. The van der Waals surface area contributed by atoms with E-state index in [1.807, 2.05) is 74.5 Å². The first kappa shape index (κ1) is 27.1. The Hall–Kier alpha value is -3.48. The zero-order valence-corrected chi connectivity index (χ0v) is 22.6. The largest absolute Gasteiger partial charge is 0.507 e. The lowest BCUT2D eigenvalue weighted by Gasteiger charge is -2.27. The van der Waals surface area contributed by atoms with Crippen LogP contribution >= 0.6 is 0 Å². The number of nitrogens with one attached hydrogen (secondary N) is 1. The van der Waals surface area contributed by atoms with Crippen LogP contribution in [0.2, 0.25) is 0 Å². The van der Waals surface area contributed by atoms with E-state index >= 15 is 0 Å². The molecule has 5 heteroatoms. The fraction of sp³-hybridized carbons (Fsp3) is 0.294.